The van der Waals surface area contributed by atoms with E-state index >= 15 is 0 Å². The maximum Gasteiger partial charge on any atom is 0.251 e. The molecule has 0 saturated carbocycles. The topological polar surface area (TPSA) is 57.8 Å². The summed E-state index contributed by atoms with van der Waals surface area (Å²) >= 11 is 0. The van der Waals surface area contributed by atoms with Crippen LogP contribution in [-0.2, 0) is 6.42 Å². The third kappa shape index (κ3) is 3.83. The van der Waals surface area contributed by atoms with Crippen LogP contribution in [0.3, 0.4) is 0 Å². The van der Waals surface area contributed by atoms with Crippen molar-refractivity contribution in [2.45, 2.75) is 6.42 Å². The molecule has 0 aliphatic heterocycles. The summed E-state index contributed by atoms with van der Waals surface area (Å²) in [4.78, 5) is 19.5. The van der Waals surface area contributed by atoms with Crippen LogP contribution in [-0.4, -0.2) is 22.4 Å². The van der Waals surface area contributed by atoms with Crippen LogP contribution in [0.4, 0.5) is 4.39 Å². The van der Waals surface area contributed by atoms with Crippen LogP contribution >= 0.6 is 0 Å². The summed E-state index contributed by atoms with van der Waals surface area (Å²) in [5.74, 6) is 0.100. The van der Waals surface area contributed by atoms with Gasteiger partial charge in [0, 0.05) is 36.0 Å². The number of amides is 1. The van der Waals surface area contributed by atoms with E-state index in [1.165, 1.54) is 18.2 Å². The van der Waals surface area contributed by atoms with Gasteiger partial charge in [-0.05, 0) is 18.2 Å². The van der Waals surface area contributed by atoms with Gasteiger partial charge in [-0.25, -0.2) is 9.37 Å². The van der Waals surface area contributed by atoms with Crippen molar-refractivity contribution in [3.8, 4) is 11.4 Å². The Bertz CT molecular complexity index is 799. The van der Waals surface area contributed by atoms with Crippen molar-refractivity contribution in [1.82, 2.24) is 15.3 Å². The van der Waals surface area contributed by atoms with Crippen molar-refractivity contribution < 1.29 is 9.18 Å². The van der Waals surface area contributed by atoms with Gasteiger partial charge >= 0.3 is 0 Å². The van der Waals surface area contributed by atoms with E-state index in [-0.39, 0.29) is 5.91 Å². The Morgan fingerprint density at radius 2 is 1.96 bits per heavy atom. The fourth-order valence-electron chi connectivity index (χ4n) is 2.27. The molecule has 23 heavy (non-hydrogen) atoms. The molecule has 0 spiro atoms. The normalized spacial score (nSPS) is 10.5. The highest BCUT2D eigenvalue weighted by molar-refractivity contribution is 5.94. The molecule has 3 rings (SSSR count). The first-order valence-electron chi connectivity index (χ1n) is 7.35. The number of hydrogen-bond acceptors (Lipinski definition) is 2. The Morgan fingerprint density at radius 3 is 2.74 bits per heavy atom. The third-order valence-electron chi connectivity index (χ3n) is 3.44. The number of halogens is 1. The lowest BCUT2D eigenvalue weighted by Crippen LogP contribution is -2.25. The molecule has 5 heteroatoms. The predicted octanol–water partition coefficient (Wildman–Crippen LogP) is 3.19. The Labute approximate surface area is 133 Å². The number of carbonyl (C=O) groups is 1. The molecule has 1 amide bonds. The molecule has 0 aliphatic rings. The second-order valence-electron chi connectivity index (χ2n) is 5.14. The average molecular weight is 309 g/mol. The molecule has 0 saturated heterocycles. The van der Waals surface area contributed by atoms with E-state index in [1.54, 1.807) is 12.3 Å². The predicted molar refractivity (Wildman–Crippen MR) is 86.5 cm³/mol. The smallest absolute Gasteiger partial charge is 0.251 e. The van der Waals surface area contributed by atoms with Gasteiger partial charge in [-0.2, -0.15) is 0 Å². The van der Waals surface area contributed by atoms with Crippen molar-refractivity contribution in [2.24, 2.45) is 0 Å². The minimum Gasteiger partial charge on any atom is -0.352 e. The zero-order chi connectivity index (χ0) is 16.1. The standard InChI is InChI=1S/C18H16FN3O/c19-15-8-4-7-14(11-15)18(23)20-10-9-16-12-21-17(22-16)13-5-2-1-3-6-13/h1-8,11-12H,9-10H2,(H,20,23)(H,21,22). The highest BCUT2D eigenvalue weighted by Gasteiger charge is 2.07. The number of aromatic nitrogens is 2. The van der Waals surface area contributed by atoms with E-state index < -0.39 is 5.82 Å². The summed E-state index contributed by atoms with van der Waals surface area (Å²) in [6.07, 6.45) is 2.39. The molecule has 0 aliphatic carbocycles. The van der Waals surface area contributed by atoms with Crippen molar-refractivity contribution in [3.05, 3.63) is 77.9 Å². The van der Waals surface area contributed by atoms with E-state index in [9.17, 15) is 9.18 Å². The molecule has 3 aromatic rings. The van der Waals surface area contributed by atoms with Crippen molar-refractivity contribution in [1.29, 1.82) is 0 Å². The van der Waals surface area contributed by atoms with Gasteiger partial charge in [0.1, 0.15) is 11.6 Å². The van der Waals surface area contributed by atoms with Gasteiger partial charge in [-0.1, -0.05) is 36.4 Å². The zero-order valence-corrected chi connectivity index (χ0v) is 12.4. The summed E-state index contributed by atoms with van der Waals surface area (Å²) < 4.78 is 13.1. The van der Waals surface area contributed by atoms with Crippen LogP contribution in [0.25, 0.3) is 11.4 Å². The summed E-state index contributed by atoms with van der Waals surface area (Å²) in [7, 11) is 0. The molecule has 1 heterocycles. The molecule has 0 atom stereocenters. The molecule has 116 valence electrons. The summed E-state index contributed by atoms with van der Waals surface area (Å²) in [5.41, 5.74) is 2.27. The van der Waals surface area contributed by atoms with E-state index in [4.69, 9.17) is 0 Å². The van der Waals surface area contributed by atoms with E-state index in [1.807, 2.05) is 30.3 Å². The highest BCUT2D eigenvalue weighted by Crippen LogP contribution is 2.14. The highest BCUT2D eigenvalue weighted by atomic mass is 19.1. The van der Waals surface area contributed by atoms with Crippen molar-refractivity contribution in [2.75, 3.05) is 6.54 Å². The largest absolute Gasteiger partial charge is 0.352 e. The lowest BCUT2D eigenvalue weighted by atomic mass is 10.2. The van der Waals surface area contributed by atoms with Crippen LogP contribution in [0.1, 0.15) is 16.1 Å². The SMILES string of the molecule is O=C(NCCc1cnc(-c2ccccc2)[nH]1)c1cccc(F)c1. The van der Waals surface area contributed by atoms with Gasteiger partial charge in [0.05, 0.1) is 0 Å². The quantitative estimate of drug-likeness (QED) is 0.760. The fourth-order valence-corrected chi connectivity index (χ4v) is 2.27. The second kappa shape index (κ2) is 6.87. The molecule has 4 nitrogen and oxygen atoms in total. The molecule has 1 aromatic heterocycles. The van der Waals surface area contributed by atoms with Gasteiger partial charge in [-0.3, -0.25) is 4.79 Å². The first-order chi connectivity index (χ1) is 11.2. The molecule has 0 bridgehead atoms. The number of hydrogen-bond donors (Lipinski definition) is 2. The molecule has 0 fully saturated rings. The number of benzene rings is 2. The Morgan fingerprint density at radius 1 is 1.13 bits per heavy atom. The number of nitrogens with one attached hydrogen (secondary N) is 2. The average Bonchev–Trinajstić information content (AvgIpc) is 3.04. The molecule has 2 aromatic carbocycles. The van der Waals surface area contributed by atoms with Gasteiger partial charge in [0.15, 0.2) is 0 Å². The molecule has 2 N–H and O–H groups in total. The summed E-state index contributed by atoms with van der Waals surface area (Å²) in [5, 5.41) is 2.77. The van der Waals surface area contributed by atoms with E-state index in [2.05, 4.69) is 15.3 Å². The first kappa shape index (κ1) is 15.0. The van der Waals surface area contributed by atoms with Gasteiger partial charge in [-0.15, -0.1) is 0 Å². The fraction of sp³-hybridized carbons (Fsp3) is 0.111. The number of carbonyl (C=O) groups excluding carboxylic acids is 1. The number of H-pyrrole nitrogens is 1. The summed E-state index contributed by atoms with van der Waals surface area (Å²) in [6, 6.07) is 15.5. The van der Waals surface area contributed by atoms with Crippen LogP contribution in [0, 0.1) is 5.82 Å². The lowest BCUT2D eigenvalue weighted by molar-refractivity contribution is 0.0953. The molecular formula is C18H16FN3O. The minimum absolute atomic E-state index is 0.285. The van der Waals surface area contributed by atoms with Crippen LogP contribution in [0.5, 0.6) is 0 Å². The first-order valence-corrected chi connectivity index (χ1v) is 7.35. The van der Waals surface area contributed by atoms with Crippen LogP contribution < -0.4 is 5.32 Å². The number of aromatic amines is 1. The molecule has 0 unspecified atom stereocenters. The maximum atomic E-state index is 13.1. The Kier molecular flexibility index (Phi) is 4.47. The van der Waals surface area contributed by atoms with Crippen LogP contribution in [0.2, 0.25) is 0 Å². The monoisotopic (exact) mass is 309 g/mol. The maximum absolute atomic E-state index is 13.1. The summed E-state index contributed by atoms with van der Waals surface area (Å²) in [6.45, 7) is 0.450. The van der Waals surface area contributed by atoms with Crippen LogP contribution in [0.15, 0.2) is 60.8 Å². The number of rotatable bonds is 5. The second-order valence-corrected chi connectivity index (χ2v) is 5.14. The zero-order valence-electron chi connectivity index (χ0n) is 12.4. The van der Waals surface area contributed by atoms with E-state index in [0.717, 1.165) is 17.1 Å². The van der Waals surface area contributed by atoms with Gasteiger partial charge < -0.3 is 10.3 Å². The number of imidazole rings is 1. The van der Waals surface area contributed by atoms with E-state index in [0.29, 0.717) is 18.5 Å². The molecule has 0 radical (unpaired) electrons. The van der Waals surface area contributed by atoms with Gasteiger partial charge in [0.2, 0.25) is 0 Å². The number of nitrogens with zero attached hydrogens (tertiary/aromatic N) is 1. The van der Waals surface area contributed by atoms with Gasteiger partial charge in [0.25, 0.3) is 5.91 Å². The Hall–Kier alpha value is -2.95. The molecular weight excluding hydrogens is 293 g/mol. The van der Waals surface area contributed by atoms with Crippen molar-refractivity contribution >= 4 is 5.91 Å². The third-order valence-corrected chi connectivity index (χ3v) is 3.44. The lowest BCUT2D eigenvalue weighted by Gasteiger charge is -2.04. The minimum atomic E-state index is -0.418. The Balaban J connectivity index is 1.55. The van der Waals surface area contributed by atoms with Crippen molar-refractivity contribution in [3.63, 3.8) is 0 Å².